The van der Waals surface area contributed by atoms with E-state index in [4.69, 9.17) is 9.15 Å². The van der Waals surface area contributed by atoms with Crippen LogP contribution in [0.15, 0.2) is 69.1 Å². The third kappa shape index (κ3) is 5.46. The van der Waals surface area contributed by atoms with E-state index in [1.54, 1.807) is 12.1 Å². The average Bonchev–Trinajstić information content (AvgIpc) is 3.15. The number of aromatic nitrogens is 2. The second-order valence-electron chi connectivity index (χ2n) is 5.58. The number of thioether (sulfide) groups is 1. The van der Waals surface area contributed by atoms with E-state index in [9.17, 15) is 9.90 Å². The van der Waals surface area contributed by atoms with Crippen LogP contribution in [-0.2, 0) is 17.8 Å². The first-order valence-electron chi connectivity index (χ1n) is 8.36. The van der Waals surface area contributed by atoms with Gasteiger partial charge in [-0.25, -0.2) is 4.79 Å². The summed E-state index contributed by atoms with van der Waals surface area (Å²) in [4.78, 5) is 11.7. The fourth-order valence-electron chi connectivity index (χ4n) is 2.24. The van der Waals surface area contributed by atoms with Crippen molar-refractivity contribution < 1.29 is 19.1 Å². The second kappa shape index (κ2) is 9.05. The summed E-state index contributed by atoms with van der Waals surface area (Å²) in [5.74, 6) is 0.0683. The highest BCUT2D eigenvalue weighted by Crippen LogP contribution is 2.28. The number of carboxylic acid groups (broad SMARTS) is 1. The first kappa shape index (κ1) is 18.7. The molecule has 0 atom stereocenters. The van der Waals surface area contributed by atoms with Crippen molar-refractivity contribution in [3.05, 3.63) is 76.5 Å². The Morgan fingerprint density at radius 3 is 2.70 bits per heavy atom. The molecule has 3 aromatic rings. The molecule has 2 aromatic carbocycles. The lowest BCUT2D eigenvalue weighted by Crippen LogP contribution is -1.97. The third-order valence-electron chi connectivity index (χ3n) is 3.56. The Morgan fingerprint density at radius 1 is 1.19 bits per heavy atom. The highest BCUT2D eigenvalue weighted by Gasteiger charge is 2.15. The lowest BCUT2D eigenvalue weighted by molar-refractivity contribution is -0.131. The minimum Gasteiger partial charge on any atom is -0.489 e. The molecule has 0 spiro atoms. The van der Waals surface area contributed by atoms with E-state index >= 15 is 0 Å². The van der Waals surface area contributed by atoms with E-state index < -0.39 is 5.97 Å². The van der Waals surface area contributed by atoms with Crippen molar-refractivity contribution in [2.24, 2.45) is 0 Å². The molecule has 0 fully saturated rings. The Morgan fingerprint density at radius 2 is 2.00 bits per heavy atom. The van der Waals surface area contributed by atoms with Crippen LogP contribution in [0, 0.1) is 0 Å². The molecule has 6 nitrogen and oxygen atoms in total. The van der Waals surface area contributed by atoms with Gasteiger partial charge in [-0.05, 0) is 41.1 Å². The van der Waals surface area contributed by atoms with Gasteiger partial charge in [0.25, 0.3) is 5.22 Å². The summed E-state index contributed by atoms with van der Waals surface area (Å²) >= 11 is 0.924. The smallest absolute Gasteiger partial charge is 0.342 e. The van der Waals surface area contributed by atoms with E-state index in [-0.39, 0.29) is 10.1 Å². The summed E-state index contributed by atoms with van der Waals surface area (Å²) in [5, 5.41) is 17.4. The van der Waals surface area contributed by atoms with E-state index in [1.807, 2.05) is 55.5 Å². The molecule has 0 radical (unpaired) electrons. The Bertz CT molecular complexity index is 938. The highest BCUT2D eigenvalue weighted by molar-refractivity contribution is 8.03. The number of ether oxygens (including phenoxy) is 1. The Hall–Kier alpha value is -3.06. The number of aliphatic carboxylic acids is 1. The molecule has 3 rings (SSSR count). The summed E-state index contributed by atoms with van der Waals surface area (Å²) in [6.45, 7) is 2.33. The van der Waals surface area contributed by atoms with Gasteiger partial charge in [0.1, 0.15) is 17.3 Å². The van der Waals surface area contributed by atoms with Crippen LogP contribution < -0.4 is 4.74 Å². The van der Waals surface area contributed by atoms with Crippen LogP contribution in [0.2, 0.25) is 0 Å². The summed E-state index contributed by atoms with van der Waals surface area (Å²) in [7, 11) is 0. The SMILES string of the molecule is CCc1nnc(S/C(=C\c2cccc(OCc3ccccc3)c2)C(=O)O)o1. The standard InChI is InChI=1S/C20H18N2O4S/c1-2-18-21-22-20(26-18)27-17(19(23)24)12-15-9-6-10-16(11-15)25-13-14-7-4-3-5-8-14/h3-12H,2,13H2,1H3,(H,23,24)/b17-12-. The first-order chi connectivity index (χ1) is 13.1. The molecule has 0 aliphatic rings. The number of rotatable bonds is 8. The molecule has 1 aromatic heterocycles. The van der Waals surface area contributed by atoms with Crippen molar-refractivity contribution in [1.82, 2.24) is 10.2 Å². The maximum absolute atomic E-state index is 11.6. The lowest BCUT2D eigenvalue weighted by atomic mass is 10.2. The van der Waals surface area contributed by atoms with Crippen molar-refractivity contribution in [3.8, 4) is 5.75 Å². The molecule has 0 saturated heterocycles. The lowest BCUT2D eigenvalue weighted by Gasteiger charge is -2.07. The van der Waals surface area contributed by atoms with Gasteiger partial charge in [0, 0.05) is 6.42 Å². The maximum Gasteiger partial charge on any atom is 0.342 e. The maximum atomic E-state index is 11.6. The molecule has 0 aliphatic carbocycles. The molecule has 7 heteroatoms. The minimum absolute atomic E-state index is 0.0847. The summed E-state index contributed by atoms with van der Waals surface area (Å²) < 4.78 is 11.2. The summed E-state index contributed by atoms with van der Waals surface area (Å²) in [6.07, 6.45) is 2.15. The number of carbonyl (C=O) groups is 1. The highest BCUT2D eigenvalue weighted by atomic mass is 32.2. The van der Waals surface area contributed by atoms with Crippen LogP contribution in [0.25, 0.3) is 6.08 Å². The second-order valence-corrected chi connectivity index (χ2v) is 6.57. The molecule has 1 heterocycles. The van der Waals surface area contributed by atoms with Crippen LogP contribution in [0.5, 0.6) is 5.75 Å². The van der Waals surface area contributed by atoms with Gasteiger partial charge in [-0.3, -0.25) is 0 Å². The molecular formula is C20H18N2O4S. The average molecular weight is 382 g/mol. The predicted octanol–water partition coefficient (Wildman–Crippen LogP) is 4.43. The van der Waals surface area contributed by atoms with Crippen LogP contribution in [0.1, 0.15) is 23.9 Å². The van der Waals surface area contributed by atoms with Gasteiger partial charge in [-0.2, -0.15) is 0 Å². The van der Waals surface area contributed by atoms with Crippen molar-refractivity contribution >= 4 is 23.8 Å². The fourth-order valence-corrected chi connectivity index (χ4v) is 2.93. The Labute approximate surface area is 160 Å². The molecular weight excluding hydrogens is 364 g/mol. The van der Waals surface area contributed by atoms with Gasteiger partial charge in [0.05, 0.1) is 0 Å². The predicted molar refractivity (Wildman–Crippen MR) is 102 cm³/mol. The Kier molecular flexibility index (Phi) is 6.27. The van der Waals surface area contributed by atoms with Gasteiger partial charge in [-0.1, -0.05) is 49.4 Å². The van der Waals surface area contributed by atoms with Crippen molar-refractivity contribution in [2.45, 2.75) is 25.2 Å². The molecule has 138 valence electrons. The van der Waals surface area contributed by atoms with Gasteiger partial charge in [0.15, 0.2) is 0 Å². The number of hydrogen-bond donors (Lipinski definition) is 1. The fraction of sp³-hybridized carbons (Fsp3) is 0.150. The van der Waals surface area contributed by atoms with Crippen LogP contribution in [0.3, 0.4) is 0 Å². The number of carboxylic acids is 1. The van der Waals surface area contributed by atoms with E-state index in [1.165, 1.54) is 0 Å². The largest absolute Gasteiger partial charge is 0.489 e. The van der Waals surface area contributed by atoms with Gasteiger partial charge in [0.2, 0.25) is 5.89 Å². The van der Waals surface area contributed by atoms with E-state index in [0.29, 0.717) is 30.2 Å². The van der Waals surface area contributed by atoms with Crippen molar-refractivity contribution in [2.75, 3.05) is 0 Å². The summed E-state index contributed by atoms with van der Waals surface area (Å²) in [5.41, 5.74) is 1.77. The van der Waals surface area contributed by atoms with Crippen LogP contribution in [-0.4, -0.2) is 21.3 Å². The molecule has 0 bridgehead atoms. The molecule has 0 aliphatic heterocycles. The molecule has 27 heavy (non-hydrogen) atoms. The molecule has 0 saturated carbocycles. The zero-order valence-corrected chi connectivity index (χ0v) is 15.5. The topological polar surface area (TPSA) is 85.5 Å². The van der Waals surface area contributed by atoms with Crippen molar-refractivity contribution in [3.63, 3.8) is 0 Å². The number of hydrogen-bond acceptors (Lipinski definition) is 6. The third-order valence-corrected chi connectivity index (χ3v) is 4.41. The van der Waals surface area contributed by atoms with Crippen LogP contribution >= 0.6 is 11.8 Å². The number of nitrogens with zero attached hydrogens (tertiary/aromatic N) is 2. The Balaban J connectivity index is 1.73. The summed E-state index contributed by atoms with van der Waals surface area (Å²) in [6, 6.07) is 17.1. The van der Waals surface area contributed by atoms with Gasteiger partial charge in [-0.15, -0.1) is 10.2 Å². The monoisotopic (exact) mass is 382 g/mol. The zero-order valence-electron chi connectivity index (χ0n) is 14.7. The van der Waals surface area contributed by atoms with Gasteiger partial charge < -0.3 is 14.3 Å². The zero-order chi connectivity index (χ0) is 19.1. The van der Waals surface area contributed by atoms with E-state index in [2.05, 4.69) is 10.2 Å². The van der Waals surface area contributed by atoms with E-state index in [0.717, 1.165) is 17.3 Å². The molecule has 0 amide bonds. The first-order valence-corrected chi connectivity index (χ1v) is 9.17. The van der Waals surface area contributed by atoms with Crippen LogP contribution in [0.4, 0.5) is 0 Å². The molecule has 1 N–H and O–H groups in total. The van der Waals surface area contributed by atoms with Crippen molar-refractivity contribution in [1.29, 1.82) is 0 Å². The number of benzene rings is 2. The molecule has 0 unspecified atom stereocenters. The number of aryl methyl sites for hydroxylation is 1. The quantitative estimate of drug-likeness (QED) is 0.456. The normalized spacial score (nSPS) is 11.4. The van der Waals surface area contributed by atoms with Gasteiger partial charge >= 0.3 is 5.97 Å². The minimum atomic E-state index is -1.06.